The van der Waals surface area contributed by atoms with Gasteiger partial charge in [0.1, 0.15) is 18.1 Å². The molecule has 0 aromatic heterocycles. The number of unbranched alkanes of at least 4 members (excludes halogenated alkanes) is 3. The first kappa shape index (κ1) is 27.8. The summed E-state index contributed by atoms with van der Waals surface area (Å²) in [7, 11) is 0. The van der Waals surface area contributed by atoms with E-state index in [1.54, 1.807) is 24.3 Å². The van der Waals surface area contributed by atoms with Crippen molar-refractivity contribution in [1.29, 1.82) is 0 Å². The molecule has 0 heterocycles. The van der Waals surface area contributed by atoms with Crippen LogP contribution in [0, 0.1) is 0 Å². The van der Waals surface area contributed by atoms with Crippen molar-refractivity contribution in [3.05, 3.63) is 95.6 Å². The van der Waals surface area contributed by atoms with Crippen molar-refractivity contribution in [3.8, 4) is 11.5 Å². The number of carbonyl (C=O) groups is 2. The molecule has 0 N–H and O–H groups in total. The van der Waals surface area contributed by atoms with E-state index in [0.29, 0.717) is 25.2 Å². The summed E-state index contributed by atoms with van der Waals surface area (Å²) in [5.74, 6) is -0.986. The van der Waals surface area contributed by atoms with E-state index in [2.05, 4.69) is 0 Å². The maximum Gasteiger partial charge on any atom is 0.425 e. The van der Waals surface area contributed by atoms with Gasteiger partial charge in [-0.2, -0.15) is 13.2 Å². The van der Waals surface area contributed by atoms with Gasteiger partial charge in [0, 0.05) is 0 Å². The van der Waals surface area contributed by atoms with Crippen LogP contribution in [0.1, 0.15) is 65.3 Å². The minimum absolute atomic E-state index is 0.0671. The molecule has 0 radical (unpaired) electrons. The van der Waals surface area contributed by atoms with Gasteiger partial charge in [-0.25, -0.2) is 9.59 Å². The fourth-order valence-corrected chi connectivity index (χ4v) is 3.50. The average Bonchev–Trinajstić information content (AvgIpc) is 2.90. The summed E-state index contributed by atoms with van der Waals surface area (Å²) in [6, 6.07) is 21.2. The smallest absolute Gasteiger partial charge is 0.425 e. The summed E-state index contributed by atoms with van der Waals surface area (Å²) in [6.07, 6.45) is -4.40. The third-order valence-electron chi connectivity index (χ3n) is 5.57. The van der Waals surface area contributed by atoms with Gasteiger partial charge >= 0.3 is 18.1 Å². The van der Waals surface area contributed by atoms with Crippen LogP contribution in [0.25, 0.3) is 0 Å². The molecule has 0 saturated heterocycles. The zero-order chi connectivity index (χ0) is 26.7. The van der Waals surface area contributed by atoms with E-state index in [-0.39, 0.29) is 23.3 Å². The van der Waals surface area contributed by atoms with E-state index >= 15 is 0 Å². The molecule has 196 valence electrons. The van der Waals surface area contributed by atoms with E-state index in [0.717, 1.165) is 18.4 Å². The standard InChI is InChI=1S/C29H29F3O5/c1-2-3-4-8-11-26(29(30,31)32)37-28(34)23-14-18-25(19-15-23)36-27(33)22-12-16-24(17-13-22)35-20-21-9-6-5-7-10-21/h5-7,9-10,12-19,26H,2-4,8,11,20H2,1H3/t26-/m0/s1. The van der Waals surface area contributed by atoms with Crippen LogP contribution in [-0.4, -0.2) is 24.2 Å². The Labute approximate surface area is 214 Å². The molecule has 1 atom stereocenters. The number of carbonyl (C=O) groups excluding carboxylic acids is 2. The van der Waals surface area contributed by atoms with E-state index < -0.39 is 24.2 Å². The molecule has 3 aromatic carbocycles. The number of esters is 2. The highest BCUT2D eigenvalue weighted by molar-refractivity contribution is 5.92. The Morgan fingerprint density at radius 1 is 0.757 bits per heavy atom. The number of hydrogen-bond donors (Lipinski definition) is 0. The minimum Gasteiger partial charge on any atom is -0.489 e. The van der Waals surface area contributed by atoms with Gasteiger partial charge in [-0.15, -0.1) is 0 Å². The van der Waals surface area contributed by atoms with E-state index in [9.17, 15) is 22.8 Å². The van der Waals surface area contributed by atoms with Gasteiger partial charge in [-0.3, -0.25) is 0 Å². The summed E-state index contributed by atoms with van der Waals surface area (Å²) in [5, 5.41) is 0. The molecule has 0 fully saturated rings. The lowest BCUT2D eigenvalue weighted by Crippen LogP contribution is -2.33. The van der Waals surface area contributed by atoms with Crippen LogP contribution in [0.2, 0.25) is 0 Å². The van der Waals surface area contributed by atoms with Crippen LogP contribution < -0.4 is 9.47 Å². The Morgan fingerprint density at radius 2 is 1.35 bits per heavy atom. The Kier molecular flexibility index (Phi) is 10.1. The Hall–Kier alpha value is -3.81. The molecule has 0 aliphatic heterocycles. The van der Waals surface area contributed by atoms with Crippen molar-refractivity contribution in [2.75, 3.05) is 0 Å². The number of ether oxygens (including phenoxy) is 3. The first-order valence-corrected chi connectivity index (χ1v) is 12.1. The predicted molar refractivity (Wildman–Crippen MR) is 133 cm³/mol. The molecule has 0 unspecified atom stereocenters. The summed E-state index contributed by atoms with van der Waals surface area (Å²) in [4.78, 5) is 24.7. The molecule has 0 spiro atoms. The zero-order valence-corrected chi connectivity index (χ0v) is 20.5. The highest BCUT2D eigenvalue weighted by Gasteiger charge is 2.42. The summed E-state index contributed by atoms with van der Waals surface area (Å²) in [6.45, 7) is 2.35. The largest absolute Gasteiger partial charge is 0.489 e. The molecule has 3 aromatic rings. The van der Waals surface area contributed by atoms with Crippen LogP contribution in [0.15, 0.2) is 78.9 Å². The normalized spacial score (nSPS) is 12.0. The van der Waals surface area contributed by atoms with Crippen molar-refractivity contribution in [3.63, 3.8) is 0 Å². The lowest BCUT2D eigenvalue weighted by molar-refractivity contribution is -0.206. The molecular formula is C29H29F3O5. The predicted octanol–water partition coefficient (Wildman–Crippen LogP) is 7.54. The van der Waals surface area contributed by atoms with E-state index in [4.69, 9.17) is 14.2 Å². The minimum atomic E-state index is -4.64. The van der Waals surface area contributed by atoms with Crippen molar-refractivity contribution < 1.29 is 37.0 Å². The van der Waals surface area contributed by atoms with Crippen molar-refractivity contribution >= 4 is 11.9 Å². The number of benzene rings is 3. The highest BCUT2D eigenvalue weighted by atomic mass is 19.4. The molecule has 0 aliphatic carbocycles. The van der Waals surface area contributed by atoms with Gasteiger partial charge in [0.25, 0.3) is 0 Å². The molecular weight excluding hydrogens is 485 g/mol. The topological polar surface area (TPSA) is 61.8 Å². The first-order chi connectivity index (χ1) is 17.8. The summed E-state index contributed by atoms with van der Waals surface area (Å²) < 4.78 is 55.6. The van der Waals surface area contributed by atoms with Crippen molar-refractivity contribution in [2.24, 2.45) is 0 Å². The number of alkyl halides is 3. The van der Waals surface area contributed by atoms with Crippen molar-refractivity contribution in [1.82, 2.24) is 0 Å². The quantitative estimate of drug-likeness (QED) is 0.142. The van der Waals surface area contributed by atoms with Crippen LogP contribution in [0.4, 0.5) is 13.2 Å². The van der Waals surface area contributed by atoms with E-state index in [1.807, 2.05) is 37.3 Å². The van der Waals surface area contributed by atoms with Gasteiger partial charge in [-0.05, 0) is 66.9 Å². The van der Waals surface area contributed by atoms with Crippen LogP contribution in [-0.2, 0) is 11.3 Å². The molecule has 0 aliphatic rings. The lowest BCUT2D eigenvalue weighted by Gasteiger charge is -2.20. The second-order valence-electron chi connectivity index (χ2n) is 8.50. The number of rotatable bonds is 12. The molecule has 5 nitrogen and oxygen atoms in total. The van der Waals surface area contributed by atoms with Gasteiger partial charge in [0.05, 0.1) is 11.1 Å². The third kappa shape index (κ3) is 8.97. The highest BCUT2D eigenvalue weighted by Crippen LogP contribution is 2.28. The molecule has 0 bridgehead atoms. The number of hydrogen-bond acceptors (Lipinski definition) is 5. The monoisotopic (exact) mass is 514 g/mol. The molecule has 8 heteroatoms. The van der Waals surface area contributed by atoms with Crippen LogP contribution in [0.5, 0.6) is 11.5 Å². The van der Waals surface area contributed by atoms with Crippen molar-refractivity contribution in [2.45, 2.75) is 57.9 Å². The fourth-order valence-electron chi connectivity index (χ4n) is 3.50. The third-order valence-corrected chi connectivity index (χ3v) is 5.57. The second kappa shape index (κ2) is 13.5. The Bertz CT molecular complexity index is 1130. The fraction of sp³-hybridized carbons (Fsp3) is 0.310. The average molecular weight is 515 g/mol. The van der Waals surface area contributed by atoms with Gasteiger partial charge in [0.15, 0.2) is 6.10 Å². The summed E-state index contributed by atoms with van der Waals surface area (Å²) >= 11 is 0. The first-order valence-electron chi connectivity index (χ1n) is 12.1. The molecule has 3 rings (SSSR count). The molecule has 37 heavy (non-hydrogen) atoms. The van der Waals surface area contributed by atoms with Gasteiger partial charge < -0.3 is 14.2 Å². The maximum atomic E-state index is 13.3. The summed E-state index contributed by atoms with van der Waals surface area (Å²) in [5.41, 5.74) is 1.23. The molecule has 0 saturated carbocycles. The Morgan fingerprint density at radius 3 is 1.95 bits per heavy atom. The van der Waals surface area contributed by atoms with Crippen LogP contribution in [0.3, 0.4) is 0 Å². The maximum absolute atomic E-state index is 13.3. The van der Waals surface area contributed by atoms with Gasteiger partial charge in [-0.1, -0.05) is 56.5 Å². The number of halogens is 3. The van der Waals surface area contributed by atoms with Crippen LogP contribution >= 0.6 is 0 Å². The van der Waals surface area contributed by atoms with Gasteiger partial charge in [0.2, 0.25) is 0 Å². The van der Waals surface area contributed by atoms with E-state index in [1.165, 1.54) is 24.3 Å². The Balaban J connectivity index is 1.52. The zero-order valence-electron chi connectivity index (χ0n) is 20.5. The lowest BCUT2D eigenvalue weighted by atomic mass is 10.1. The molecule has 0 amide bonds. The second-order valence-corrected chi connectivity index (χ2v) is 8.50. The SMILES string of the molecule is CCCCCC[C@H](OC(=O)c1ccc(OC(=O)c2ccc(OCc3ccccc3)cc2)cc1)C(F)(F)F.